The van der Waals surface area contributed by atoms with Gasteiger partial charge in [0.1, 0.15) is 32.7 Å². The summed E-state index contributed by atoms with van der Waals surface area (Å²) in [6, 6.07) is 51.6. The van der Waals surface area contributed by atoms with Gasteiger partial charge in [0.05, 0.1) is 46.8 Å². The lowest BCUT2D eigenvalue weighted by molar-refractivity contribution is 0.414. The van der Waals surface area contributed by atoms with Gasteiger partial charge in [-0.2, -0.15) is 10.2 Å². The van der Waals surface area contributed by atoms with Crippen LogP contribution in [0.4, 0.5) is 0 Å². The Kier molecular flexibility index (Phi) is 11.5. The highest BCUT2D eigenvalue weighted by Gasteiger charge is 2.35. The predicted octanol–water partition coefficient (Wildman–Crippen LogP) is 11.7. The van der Waals surface area contributed by atoms with Gasteiger partial charge >= 0.3 is 0 Å². The zero-order valence-electron chi connectivity index (χ0n) is 34.1. The van der Waals surface area contributed by atoms with Crippen molar-refractivity contribution in [2.75, 3.05) is 14.2 Å². The highest BCUT2D eigenvalue weighted by molar-refractivity contribution is 7.92. The lowest BCUT2D eigenvalue weighted by atomic mass is 10.0. The average molecular weight is 924 g/mol. The van der Waals surface area contributed by atoms with Crippen LogP contribution < -0.4 is 9.47 Å². The molecule has 0 saturated heterocycles. The highest BCUT2D eigenvalue weighted by atomic mass is 35.5. The van der Waals surface area contributed by atoms with Gasteiger partial charge in [-0.3, -0.25) is 0 Å². The average Bonchev–Trinajstić information content (AvgIpc) is 3.95. The molecule has 0 aliphatic heterocycles. The number of sulfone groups is 2. The summed E-state index contributed by atoms with van der Waals surface area (Å²) in [5.41, 5.74) is 4.24. The lowest BCUT2D eigenvalue weighted by Gasteiger charge is -2.14. The van der Waals surface area contributed by atoms with Crippen molar-refractivity contribution in [3.05, 3.63) is 192 Å². The molecule has 14 heteroatoms. The van der Waals surface area contributed by atoms with E-state index in [1.54, 1.807) is 96.4 Å². The molecule has 9 rings (SSSR count). The van der Waals surface area contributed by atoms with Gasteiger partial charge < -0.3 is 9.47 Å². The SMILES string of the molecule is COc1ccc(-c2nn(-c3ccccc3)c(-c3ccc(-c4c(S(=O)(=O)c5ccc(Cl)cc5)c(-c5ccc(OC)cc5)nn4-c4ccccc4)cc3)c2S(=O)(=O)c2ccc(Cl)cc2)cc1. The first kappa shape index (κ1) is 42.3. The molecule has 0 aliphatic rings. The molecule has 2 aromatic heterocycles. The normalized spacial score (nSPS) is 11.7. The summed E-state index contributed by atoms with van der Waals surface area (Å²) in [6.45, 7) is 0. The predicted molar refractivity (Wildman–Crippen MR) is 249 cm³/mol. The minimum absolute atomic E-state index is 0.0204. The van der Waals surface area contributed by atoms with Crippen molar-refractivity contribution in [2.45, 2.75) is 19.6 Å². The van der Waals surface area contributed by atoms with Gasteiger partial charge in [-0.25, -0.2) is 26.2 Å². The third kappa shape index (κ3) is 7.86. The van der Waals surface area contributed by atoms with Gasteiger partial charge in [0.25, 0.3) is 0 Å². The van der Waals surface area contributed by atoms with Crippen LogP contribution >= 0.6 is 23.2 Å². The molecule has 0 spiro atoms. The van der Waals surface area contributed by atoms with Gasteiger partial charge in [0, 0.05) is 32.3 Å². The Balaban J connectivity index is 1.32. The van der Waals surface area contributed by atoms with Crippen molar-refractivity contribution >= 4 is 42.9 Å². The quantitative estimate of drug-likeness (QED) is 0.119. The fourth-order valence-electron chi connectivity index (χ4n) is 7.46. The minimum atomic E-state index is -4.30. The van der Waals surface area contributed by atoms with Crippen molar-refractivity contribution in [3.63, 3.8) is 0 Å². The third-order valence-electron chi connectivity index (χ3n) is 10.6. The zero-order valence-corrected chi connectivity index (χ0v) is 37.3. The van der Waals surface area contributed by atoms with E-state index in [-0.39, 0.29) is 42.4 Å². The third-order valence-corrected chi connectivity index (χ3v) is 14.8. The van der Waals surface area contributed by atoms with E-state index in [1.165, 1.54) is 48.5 Å². The van der Waals surface area contributed by atoms with Crippen molar-refractivity contribution in [3.8, 4) is 67.9 Å². The summed E-state index contributed by atoms with van der Waals surface area (Å²) in [5.74, 6) is 1.18. The highest BCUT2D eigenvalue weighted by Crippen LogP contribution is 2.44. The fraction of sp³-hybridized carbons (Fsp3) is 0.0400. The maximum Gasteiger partial charge on any atom is 0.210 e. The monoisotopic (exact) mass is 922 g/mol. The molecular weight excluding hydrogens is 888 g/mol. The number of nitrogens with zero attached hydrogens (tertiary/aromatic N) is 4. The number of aromatic nitrogens is 4. The molecule has 2 heterocycles. The fourth-order valence-corrected chi connectivity index (χ4v) is 10.9. The summed E-state index contributed by atoms with van der Waals surface area (Å²) < 4.78 is 74.3. The van der Waals surface area contributed by atoms with Crippen molar-refractivity contribution in [1.29, 1.82) is 0 Å². The van der Waals surface area contributed by atoms with E-state index >= 15 is 16.8 Å². The Morgan fingerprint density at radius 2 is 0.719 bits per heavy atom. The molecule has 318 valence electrons. The van der Waals surface area contributed by atoms with E-state index in [0.29, 0.717) is 55.2 Å². The molecule has 64 heavy (non-hydrogen) atoms. The number of methoxy groups -OCH3 is 2. The van der Waals surface area contributed by atoms with Crippen LogP contribution in [0.15, 0.2) is 202 Å². The van der Waals surface area contributed by atoms with E-state index in [2.05, 4.69) is 0 Å². The van der Waals surface area contributed by atoms with E-state index < -0.39 is 19.7 Å². The summed E-state index contributed by atoms with van der Waals surface area (Å²) in [5, 5.41) is 10.8. The second kappa shape index (κ2) is 17.3. The van der Waals surface area contributed by atoms with E-state index in [0.717, 1.165) is 0 Å². The summed E-state index contributed by atoms with van der Waals surface area (Å²) in [7, 11) is -5.49. The lowest BCUT2D eigenvalue weighted by Crippen LogP contribution is -2.07. The van der Waals surface area contributed by atoms with Crippen molar-refractivity contribution in [1.82, 2.24) is 19.6 Å². The first-order chi connectivity index (χ1) is 31.0. The molecule has 0 amide bonds. The zero-order chi connectivity index (χ0) is 44.6. The first-order valence-electron chi connectivity index (χ1n) is 19.8. The molecule has 0 radical (unpaired) electrons. The molecule has 0 saturated carbocycles. The number of hydrogen-bond acceptors (Lipinski definition) is 8. The smallest absolute Gasteiger partial charge is 0.210 e. The van der Waals surface area contributed by atoms with Gasteiger partial charge in [0.2, 0.25) is 19.7 Å². The van der Waals surface area contributed by atoms with Crippen LogP contribution in [0.3, 0.4) is 0 Å². The Morgan fingerprint density at radius 1 is 0.406 bits per heavy atom. The number of para-hydroxylation sites is 2. The van der Waals surface area contributed by atoms with E-state index in [4.69, 9.17) is 42.9 Å². The minimum Gasteiger partial charge on any atom is -0.497 e. The largest absolute Gasteiger partial charge is 0.497 e. The van der Waals surface area contributed by atoms with Gasteiger partial charge in [-0.05, 0) is 121 Å². The van der Waals surface area contributed by atoms with Crippen LogP contribution in [0.5, 0.6) is 11.5 Å². The second-order valence-electron chi connectivity index (χ2n) is 14.5. The van der Waals surface area contributed by atoms with Gasteiger partial charge in [-0.15, -0.1) is 0 Å². The maximum atomic E-state index is 15.1. The first-order valence-corrected chi connectivity index (χ1v) is 23.5. The number of ether oxygens (including phenoxy) is 2. The Morgan fingerprint density at radius 3 is 1.03 bits per heavy atom. The molecule has 0 aliphatic carbocycles. The second-order valence-corrected chi connectivity index (χ2v) is 19.1. The summed E-state index contributed by atoms with van der Waals surface area (Å²) >= 11 is 12.5. The Labute approximate surface area is 380 Å². The molecule has 0 fully saturated rings. The van der Waals surface area contributed by atoms with Crippen LogP contribution in [-0.2, 0) is 19.7 Å². The van der Waals surface area contributed by atoms with E-state index in [9.17, 15) is 0 Å². The Bertz CT molecular complexity index is 3120. The number of rotatable bonds is 12. The number of hydrogen-bond donors (Lipinski definition) is 0. The molecule has 0 bridgehead atoms. The summed E-state index contributed by atoms with van der Waals surface area (Å²) in [6.07, 6.45) is 0. The molecule has 7 aromatic carbocycles. The number of halogens is 2. The standard InChI is InChI=1S/C50H36Cl2N4O6S2/c1-61-41-25-17-33(18-26-41)45-49(63(57,58)43-29-21-37(51)22-30-43)47(55(53-45)39-9-5-3-6-10-39)35-13-15-36(16-14-35)48-50(64(59,60)44-31-23-38(52)24-32-44)46(34-19-27-42(62-2)28-20-34)54-56(48)40-11-7-4-8-12-40/h3-32H,1-2H3. The van der Waals surface area contributed by atoms with Crippen molar-refractivity contribution < 1.29 is 26.3 Å². The van der Waals surface area contributed by atoms with Crippen LogP contribution in [0.1, 0.15) is 0 Å². The maximum absolute atomic E-state index is 15.1. The van der Waals surface area contributed by atoms with Crippen LogP contribution in [0, 0.1) is 0 Å². The van der Waals surface area contributed by atoms with E-state index in [1.807, 2.05) is 60.7 Å². The Hall–Kier alpha value is -6.96. The number of benzene rings is 7. The topological polar surface area (TPSA) is 122 Å². The molecule has 0 atom stereocenters. The van der Waals surface area contributed by atoms with Crippen LogP contribution in [0.25, 0.3) is 56.4 Å². The molecule has 9 aromatic rings. The van der Waals surface area contributed by atoms with Crippen molar-refractivity contribution in [2.24, 2.45) is 0 Å². The van der Waals surface area contributed by atoms with Crippen LogP contribution in [0.2, 0.25) is 10.0 Å². The van der Waals surface area contributed by atoms with Gasteiger partial charge in [0.15, 0.2) is 0 Å². The van der Waals surface area contributed by atoms with Gasteiger partial charge in [-0.1, -0.05) is 83.9 Å². The molecule has 10 nitrogen and oxygen atoms in total. The molecule has 0 N–H and O–H groups in total. The van der Waals surface area contributed by atoms with Crippen LogP contribution in [-0.4, -0.2) is 50.6 Å². The summed E-state index contributed by atoms with van der Waals surface area (Å²) in [4.78, 5) is -0.0449. The molecular formula is C50H36Cl2N4O6S2. The molecule has 0 unspecified atom stereocenters.